The Morgan fingerprint density at radius 3 is 3.00 bits per heavy atom. The highest BCUT2D eigenvalue weighted by molar-refractivity contribution is 5.35. The largest absolute Gasteiger partial charge is 0.393 e. The van der Waals surface area contributed by atoms with Crippen LogP contribution < -0.4 is 5.32 Å². The van der Waals surface area contributed by atoms with E-state index in [1.54, 1.807) is 0 Å². The van der Waals surface area contributed by atoms with Crippen LogP contribution in [0.1, 0.15) is 30.9 Å². The Labute approximate surface area is 77.4 Å². The zero-order valence-corrected chi connectivity index (χ0v) is 7.75. The summed E-state index contributed by atoms with van der Waals surface area (Å²) in [4.78, 5) is 0. The van der Waals surface area contributed by atoms with E-state index < -0.39 is 0 Å². The van der Waals surface area contributed by atoms with Gasteiger partial charge in [0.1, 0.15) is 5.82 Å². The van der Waals surface area contributed by atoms with Gasteiger partial charge in [-0.15, -0.1) is 0 Å². The van der Waals surface area contributed by atoms with Gasteiger partial charge in [-0.25, -0.2) is 0 Å². The van der Waals surface area contributed by atoms with Gasteiger partial charge < -0.3 is 10.4 Å². The first kappa shape index (κ1) is 8.56. The summed E-state index contributed by atoms with van der Waals surface area (Å²) in [6.07, 6.45) is 2.72. The number of anilines is 1. The third-order valence-corrected chi connectivity index (χ3v) is 2.70. The molecule has 2 rings (SSSR count). The van der Waals surface area contributed by atoms with Crippen LogP contribution in [0, 0.1) is 0 Å². The quantitative estimate of drug-likeness (QED) is 0.639. The number of hydrogen-bond donors (Lipinski definition) is 3. The molecular weight excluding hydrogens is 166 g/mol. The highest BCUT2D eigenvalue weighted by Crippen LogP contribution is 2.33. The van der Waals surface area contributed by atoms with Gasteiger partial charge in [-0.3, -0.25) is 5.10 Å². The molecule has 1 aliphatic rings. The lowest BCUT2D eigenvalue weighted by Gasteiger charge is -2.04. The number of H-pyrrole nitrogens is 1. The minimum absolute atomic E-state index is 0.119. The molecule has 1 saturated carbocycles. The zero-order valence-electron chi connectivity index (χ0n) is 7.75. The lowest BCUT2D eigenvalue weighted by molar-refractivity contribution is 0.181. The first-order chi connectivity index (χ1) is 6.29. The average Bonchev–Trinajstić information content (AvgIpc) is 2.71. The lowest BCUT2D eigenvalue weighted by atomic mass is 10.0. The maximum Gasteiger partial charge on any atom is 0.147 e. The number of aromatic nitrogens is 2. The van der Waals surface area contributed by atoms with Gasteiger partial charge >= 0.3 is 0 Å². The molecule has 1 aromatic heterocycles. The van der Waals surface area contributed by atoms with Crippen LogP contribution in [-0.4, -0.2) is 28.5 Å². The van der Waals surface area contributed by atoms with E-state index in [2.05, 4.69) is 15.5 Å². The molecule has 0 radical (unpaired) electrons. The van der Waals surface area contributed by atoms with Crippen LogP contribution in [0.5, 0.6) is 0 Å². The van der Waals surface area contributed by atoms with E-state index in [9.17, 15) is 5.11 Å². The van der Waals surface area contributed by atoms with E-state index >= 15 is 0 Å². The molecule has 0 bridgehead atoms. The maximum atomic E-state index is 9.37. The fourth-order valence-corrected chi connectivity index (χ4v) is 1.91. The highest BCUT2D eigenvalue weighted by Gasteiger charge is 2.25. The van der Waals surface area contributed by atoms with Crippen LogP contribution in [0.25, 0.3) is 0 Å². The van der Waals surface area contributed by atoms with E-state index in [4.69, 9.17) is 0 Å². The third-order valence-electron chi connectivity index (χ3n) is 2.70. The normalized spacial score (nSPS) is 27.8. The molecule has 2 unspecified atom stereocenters. The van der Waals surface area contributed by atoms with E-state index in [0.29, 0.717) is 5.92 Å². The number of nitrogens with zero attached hydrogens (tertiary/aromatic N) is 1. The summed E-state index contributed by atoms with van der Waals surface area (Å²) < 4.78 is 0. The van der Waals surface area contributed by atoms with E-state index in [1.165, 1.54) is 0 Å². The molecule has 3 N–H and O–H groups in total. The maximum absolute atomic E-state index is 9.37. The van der Waals surface area contributed by atoms with Gasteiger partial charge in [0, 0.05) is 24.7 Å². The molecule has 4 heteroatoms. The van der Waals surface area contributed by atoms with Gasteiger partial charge in [0.25, 0.3) is 0 Å². The smallest absolute Gasteiger partial charge is 0.147 e. The summed E-state index contributed by atoms with van der Waals surface area (Å²) in [5.41, 5.74) is 1.14. The highest BCUT2D eigenvalue weighted by atomic mass is 16.3. The summed E-state index contributed by atoms with van der Waals surface area (Å²) in [5, 5.41) is 19.4. The van der Waals surface area contributed by atoms with Crippen molar-refractivity contribution in [3.63, 3.8) is 0 Å². The second-order valence-electron chi connectivity index (χ2n) is 3.62. The number of aliphatic hydroxyl groups is 1. The number of rotatable bonds is 2. The fraction of sp³-hybridized carbons (Fsp3) is 0.667. The molecule has 1 aromatic rings. The van der Waals surface area contributed by atoms with Crippen LogP contribution in [0.4, 0.5) is 5.82 Å². The number of aliphatic hydroxyl groups excluding tert-OH is 1. The predicted molar refractivity (Wildman–Crippen MR) is 50.7 cm³/mol. The Bertz CT molecular complexity index is 284. The van der Waals surface area contributed by atoms with Gasteiger partial charge in [-0.2, -0.15) is 5.10 Å². The number of hydrogen-bond acceptors (Lipinski definition) is 3. The molecule has 2 atom stereocenters. The summed E-state index contributed by atoms with van der Waals surface area (Å²) in [6, 6.07) is 2.02. The second kappa shape index (κ2) is 3.38. The van der Waals surface area contributed by atoms with E-state index in [0.717, 1.165) is 30.8 Å². The molecule has 13 heavy (non-hydrogen) atoms. The number of aromatic amines is 1. The van der Waals surface area contributed by atoms with Crippen molar-refractivity contribution < 1.29 is 5.11 Å². The molecule has 0 aromatic carbocycles. The van der Waals surface area contributed by atoms with Gasteiger partial charge in [0.2, 0.25) is 0 Å². The topological polar surface area (TPSA) is 60.9 Å². The fourth-order valence-electron chi connectivity index (χ4n) is 1.91. The van der Waals surface area contributed by atoms with Crippen molar-refractivity contribution in [2.75, 3.05) is 12.4 Å². The Morgan fingerprint density at radius 2 is 2.46 bits per heavy atom. The molecule has 0 amide bonds. The average molecular weight is 181 g/mol. The van der Waals surface area contributed by atoms with Gasteiger partial charge in [0.15, 0.2) is 0 Å². The Balaban J connectivity index is 2.08. The summed E-state index contributed by atoms with van der Waals surface area (Å²) in [7, 11) is 1.85. The first-order valence-electron chi connectivity index (χ1n) is 4.70. The molecule has 0 saturated heterocycles. The van der Waals surface area contributed by atoms with Crippen LogP contribution in [0.2, 0.25) is 0 Å². The zero-order chi connectivity index (χ0) is 9.26. The first-order valence-corrected chi connectivity index (χ1v) is 4.70. The van der Waals surface area contributed by atoms with Crippen LogP contribution >= 0.6 is 0 Å². The van der Waals surface area contributed by atoms with Crippen LogP contribution in [0.3, 0.4) is 0 Å². The molecule has 1 fully saturated rings. The third kappa shape index (κ3) is 1.67. The molecule has 72 valence electrons. The minimum Gasteiger partial charge on any atom is -0.393 e. The van der Waals surface area contributed by atoms with E-state index in [-0.39, 0.29) is 6.10 Å². The van der Waals surface area contributed by atoms with Crippen molar-refractivity contribution in [3.8, 4) is 0 Å². The summed E-state index contributed by atoms with van der Waals surface area (Å²) >= 11 is 0. The van der Waals surface area contributed by atoms with E-state index in [1.807, 2.05) is 13.1 Å². The predicted octanol–water partition coefficient (Wildman–Crippen LogP) is 1.08. The molecular formula is C9H15N3O. The van der Waals surface area contributed by atoms with Crippen LogP contribution in [-0.2, 0) is 0 Å². The Morgan fingerprint density at radius 1 is 1.62 bits per heavy atom. The molecule has 1 aliphatic carbocycles. The van der Waals surface area contributed by atoms with Gasteiger partial charge in [0.05, 0.1) is 6.10 Å². The SMILES string of the molecule is CNc1cc(C2CCC(O)C2)[nH]n1. The number of nitrogens with one attached hydrogen (secondary N) is 2. The van der Waals surface area contributed by atoms with Crippen molar-refractivity contribution in [2.24, 2.45) is 0 Å². The molecule has 4 nitrogen and oxygen atoms in total. The minimum atomic E-state index is -0.119. The molecule has 0 aliphatic heterocycles. The van der Waals surface area contributed by atoms with Crippen molar-refractivity contribution >= 4 is 5.82 Å². The van der Waals surface area contributed by atoms with Gasteiger partial charge in [-0.1, -0.05) is 0 Å². The second-order valence-corrected chi connectivity index (χ2v) is 3.62. The van der Waals surface area contributed by atoms with Gasteiger partial charge in [-0.05, 0) is 19.3 Å². The monoisotopic (exact) mass is 181 g/mol. The Hall–Kier alpha value is -1.03. The van der Waals surface area contributed by atoms with Crippen molar-refractivity contribution in [1.82, 2.24) is 10.2 Å². The van der Waals surface area contributed by atoms with Crippen molar-refractivity contribution in [3.05, 3.63) is 11.8 Å². The van der Waals surface area contributed by atoms with Crippen molar-refractivity contribution in [1.29, 1.82) is 0 Å². The lowest BCUT2D eigenvalue weighted by Crippen LogP contribution is -1.99. The summed E-state index contributed by atoms with van der Waals surface area (Å²) in [6.45, 7) is 0. The molecule has 1 heterocycles. The standard InChI is InChI=1S/C9H15N3O/c1-10-9-5-8(11-12-9)6-2-3-7(13)4-6/h5-7,13H,2-4H2,1H3,(H2,10,11,12). The van der Waals surface area contributed by atoms with Crippen molar-refractivity contribution in [2.45, 2.75) is 31.3 Å². The molecule has 0 spiro atoms. The van der Waals surface area contributed by atoms with Crippen LogP contribution in [0.15, 0.2) is 6.07 Å². The summed E-state index contributed by atoms with van der Waals surface area (Å²) in [5.74, 6) is 1.33. The Kier molecular flexibility index (Phi) is 2.22.